The van der Waals surface area contributed by atoms with E-state index in [9.17, 15) is 0 Å². The van der Waals surface area contributed by atoms with Crippen LogP contribution in [0.5, 0.6) is 5.75 Å². The van der Waals surface area contributed by atoms with E-state index in [0.717, 1.165) is 35.4 Å². The maximum Gasteiger partial charge on any atom is 0.119 e. The number of halogens is 1. The molecule has 0 atom stereocenters. The van der Waals surface area contributed by atoms with E-state index < -0.39 is 0 Å². The van der Waals surface area contributed by atoms with Gasteiger partial charge in [-0.1, -0.05) is 22.9 Å². The molecule has 1 heterocycles. The number of nitrogens with one attached hydrogen (secondary N) is 1. The third kappa shape index (κ3) is 3.58. The molecule has 0 bridgehead atoms. The molecule has 2 rings (SSSR count). The number of methoxy groups -OCH3 is 1. The smallest absolute Gasteiger partial charge is 0.119 e. The van der Waals surface area contributed by atoms with Gasteiger partial charge in [-0.25, -0.2) is 0 Å². The Morgan fingerprint density at radius 1 is 1.37 bits per heavy atom. The van der Waals surface area contributed by atoms with Crippen LogP contribution in [0.2, 0.25) is 0 Å². The molecule has 19 heavy (non-hydrogen) atoms. The lowest BCUT2D eigenvalue weighted by atomic mass is 10.2. The van der Waals surface area contributed by atoms with E-state index in [1.165, 1.54) is 5.69 Å². The summed E-state index contributed by atoms with van der Waals surface area (Å²) in [5.74, 6) is 0.860. The van der Waals surface area contributed by atoms with E-state index in [2.05, 4.69) is 33.3 Å². The Kier molecular flexibility index (Phi) is 4.99. The zero-order chi connectivity index (χ0) is 13.7. The van der Waals surface area contributed by atoms with E-state index in [4.69, 9.17) is 4.74 Å². The predicted molar refractivity (Wildman–Crippen MR) is 79.4 cm³/mol. The van der Waals surface area contributed by atoms with E-state index in [1.807, 2.05) is 35.1 Å². The standard InChI is InChI=1S/C14H18BrN3O/c1-3-16-9-12-6-7-17-18(12)10-11-8-13(19-2)4-5-14(11)15/h4-8,16H,3,9-10H2,1-2H3. The Morgan fingerprint density at radius 2 is 2.21 bits per heavy atom. The van der Waals surface area contributed by atoms with Crippen LogP contribution in [-0.4, -0.2) is 23.4 Å². The van der Waals surface area contributed by atoms with Crippen molar-refractivity contribution in [1.82, 2.24) is 15.1 Å². The summed E-state index contributed by atoms with van der Waals surface area (Å²) in [7, 11) is 1.68. The minimum Gasteiger partial charge on any atom is -0.497 e. The Labute approximate surface area is 121 Å². The molecule has 0 saturated heterocycles. The summed E-state index contributed by atoms with van der Waals surface area (Å²) in [6.45, 7) is 4.61. The van der Waals surface area contributed by atoms with Crippen LogP contribution in [0.1, 0.15) is 18.2 Å². The van der Waals surface area contributed by atoms with E-state index in [1.54, 1.807) is 7.11 Å². The second kappa shape index (κ2) is 6.73. The average Bonchev–Trinajstić information content (AvgIpc) is 2.86. The SMILES string of the molecule is CCNCc1ccnn1Cc1cc(OC)ccc1Br. The molecule has 0 fully saturated rings. The zero-order valence-electron chi connectivity index (χ0n) is 11.2. The number of aromatic nitrogens is 2. The second-order valence-corrected chi connectivity index (χ2v) is 5.07. The first-order valence-corrected chi connectivity index (χ1v) is 7.07. The lowest BCUT2D eigenvalue weighted by Gasteiger charge is -2.11. The maximum absolute atomic E-state index is 5.26. The Hall–Kier alpha value is -1.33. The van der Waals surface area contributed by atoms with Gasteiger partial charge in [-0.05, 0) is 36.4 Å². The van der Waals surface area contributed by atoms with Crippen LogP contribution in [0.15, 0.2) is 34.9 Å². The molecule has 1 N–H and O–H groups in total. The fourth-order valence-corrected chi connectivity index (χ4v) is 2.24. The predicted octanol–water partition coefficient (Wildman–Crippen LogP) is 2.81. The molecule has 0 saturated carbocycles. The second-order valence-electron chi connectivity index (χ2n) is 4.22. The van der Waals surface area contributed by atoms with Gasteiger partial charge in [0.05, 0.1) is 19.3 Å². The molecule has 0 radical (unpaired) electrons. The number of benzene rings is 1. The number of ether oxygens (including phenoxy) is 1. The van der Waals surface area contributed by atoms with Crippen LogP contribution in [0.25, 0.3) is 0 Å². The quantitative estimate of drug-likeness (QED) is 0.888. The van der Waals surface area contributed by atoms with Gasteiger partial charge >= 0.3 is 0 Å². The zero-order valence-corrected chi connectivity index (χ0v) is 12.8. The van der Waals surface area contributed by atoms with Crippen LogP contribution in [0.4, 0.5) is 0 Å². The van der Waals surface area contributed by atoms with Crippen molar-refractivity contribution in [2.24, 2.45) is 0 Å². The van der Waals surface area contributed by atoms with Crippen LogP contribution in [0.3, 0.4) is 0 Å². The van der Waals surface area contributed by atoms with Gasteiger partial charge < -0.3 is 10.1 Å². The molecular formula is C14H18BrN3O. The molecule has 2 aromatic rings. The van der Waals surface area contributed by atoms with Gasteiger partial charge in [0.15, 0.2) is 0 Å². The molecule has 4 nitrogen and oxygen atoms in total. The first kappa shape index (κ1) is 14.1. The fraction of sp³-hybridized carbons (Fsp3) is 0.357. The van der Waals surface area contributed by atoms with Gasteiger partial charge in [-0.2, -0.15) is 5.10 Å². The average molecular weight is 324 g/mol. The van der Waals surface area contributed by atoms with Crippen molar-refractivity contribution in [3.63, 3.8) is 0 Å². The van der Waals surface area contributed by atoms with Gasteiger partial charge in [0.25, 0.3) is 0 Å². The van der Waals surface area contributed by atoms with Crippen molar-refractivity contribution in [3.8, 4) is 5.75 Å². The number of nitrogens with zero attached hydrogens (tertiary/aromatic N) is 2. The van der Waals surface area contributed by atoms with Crippen molar-refractivity contribution in [2.75, 3.05) is 13.7 Å². The van der Waals surface area contributed by atoms with Gasteiger partial charge in [0, 0.05) is 17.2 Å². The summed E-state index contributed by atoms with van der Waals surface area (Å²) in [5.41, 5.74) is 2.33. The Bertz CT molecular complexity index is 539. The van der Waals surface area contributed by atoms with Gasteiger partial charge in [0.1, 0.15) is 5.75 Å². The molecule has 0 amide bonds. The van der Waals surface area contributed by atoms with Gasteiger partial charge in [0.2, 0.25) is 0 Å². The number of rotatable bonds is 6. The summed E-state index contributed by atoms with van der Waals surface area (Å²) < 4.78 is 8.33. The van der Waals surface area contributed by atoms with E-state index >= 15 is 0 Å². The summed E-state index contributed by atoms with van der Waals surface area (Å²) in [5, 5.41) is 7.69. The first-order valence-electron chi connectivity index (χ1n) is 6.28. The van der Waals surface area contributed by atoms with Gasteiger partial charge in [-0.15, -0.1) is 0 Å². The van der Waals surface area contributed by atoms with Crippen molar-refractivity contribution < 1.29 is 4.74 Å². The normalized spacial score (nSPS) is 10.7. The van der Waals surface area contributed by atoms with Crippen LogP contribution < -0.4 is 10.1 Å². The highest BCUT2D eigenvalue weighted by Crippen LogP contribution is 2.23. The maximum atomic E-state index is 5.26. The van der Waals surface area contributed by atoms with Crippen LogP contribution in [-0.2, 0) is 13.1 Å². The van der Waals surface area contributed by atoms with E-state index in [0.29, 0.717) is 0 Å². The van der Waals surface area contributed by atoms with Crippen molar-refractivity contribution in [1.29, 1.82) is 0 Å². The minimum absolute atomic E-state index is 0.728. The molecule has 1 aromatic heterocycles. The highest BCUT2D eigenvalue weighted by molar-refractivity contribution is 9.10. The fourth-order valence-electron chi connectivity index (χ4n) is 1.87. The summed E-state index contributed by atoms with van der Waals surface area (Å²) >= 11 is 3.57. The molecule has 0 aliphatic carbocycles. The highest BCUT2D eigenvalue weighted by atomic mass is 79.9. The Morgan fingerprint density at radius 3 is 2.95 bits per heavy atom. The monoisotopic (exact) mass is 323 g/mol. The molecule has 0 unspecified atom stereocenters. The van der Waals surface area contributed by atoms with Gasteiger partial charge in [-0.3, -0.25) is 4.68 Å². The largest absolute Gasteiger partial charge is 0.497 e. The molecule has 0 aliphatic heterocycles. The molecule has 0 spiro atoms. The lowest BCUT2D eigenvalue weighted by molar-refractivity contribution is 0.414. The number of hydrogen-bond donors (Lipinski definition) is 1. The van der Waals surface area contributed by atoms with Crippen molar-refractivity contribution >= 4 is 15.9 Å². The molecule has 102 valence electrons. The highest BCUT2D eigenvalue weighted by Gasteiger charge is 2.07. The third-order valence-electron chi connectivity index (χ3n) is 2.93. The van der Waals surface area contributed by atoms with Crippen molar-refractivity contribution in [2.45, 2.75) is 20.0 Å². The minimum atomic E-state index is 0.728. The Balaban J connectivity index is 2.18. The third-order valence-corrected chi connectivity index (χ3v) is 3.71. The van der Waals surface area contributed by atoms with Crippen LogP contribution in [0, 0.1) is 0 Å². The summed E-state index contributed by atoms with van der Waals surface area (Å²) in [4.78, 5) is 0. The van der Waals surface area contributed by atoms with Crippen LogP contribution >= 0.6 is 15.9 Å². The topological polar surface area (TPSA) is 39.1 Å². The molecule has 5 heteroatoms. The lowest BCUT2D eigenvalue weighted by Crippen LogP contribution is -2.16. The molecule has 0 aliphatic rings. The molecular weight excluding hydrogens is 306 g/mol. The number of hydrogen-bond acceptors (Lipinski definition) is 3. The molecule has 1 aromatic carbocycles. The summed E-state index contributed by atoms with van der Waals surface area (Å²) in [6.07, 6.45) is 1.83. The van der Waals surface area contributed by atoms with E-state index in [-0.39, 0.29) is 0 Å². The first-order chi connectivity index (χ1) is 9.24. The van der Waals surface area contributed by atoms with Crippen molar-refractivity contribution in [3.05, 3.63) is 46.2 Å². The summed E-state index contributed by atoms with van der Waals surface area (Å²) in [6, 6.07) is 8.01.